The molecule has 2 saturated heterocycles. The molecule has 0 spiro atoms. The Morgan fingerprint density at radius 2 is 2.09 bits per heavy atom. The molecule has 3 rings (SSSR count). The second-order valence-electron chi connectivity index (χ2n) is 6.16. The normalized spacial score (nSPS) is 23.3. The van der Waals surface area contributed by atoms with Gasteiger partial charge in [0, 0.05) is 12.5 Å². The number of carbonyl (C=O) groups is 1. The van der Waals surface area contributed by atoms with Crippen LogP contribution < -0.4 is 5.32 Å². The summed E-state index contributed by atoms with van der Waals surface area (Å²) in [6, 6.07) is 10.5. The monoisotopic (exact) mass is 324 g/mol. The van der Waals surface area contributed by atoms with Gasteiger partial charge in [0.25, 0.3) is 0 Å². The van der Waals surface area contributed by atoms with Crippen molar-refractivity contribution in [3.63, 3.8) is 0 Å². The molecule has 2 heterocycles. The molecule has 4 nitrogen and oxygen atoms in total. The topological polar surface area (TPSA) is 41.6 Å². The summed E-state index contributed by atoms with van der Waals surface area (Å²) in [5.74, 6) is 0.908. The molecular formula is C17H25ClN2O2. The number of benzene rings is 1. The lowest BCUT2D eigenvalue weighted by molar-refractivity contribution is -0.146. The van der Waals surface area contributed by atoms with E-state index in [1.54, 1.807) is 0 Å². The maximum atomic E-state index is 12.8. The summed E-state index contributed by atoms with van der Waals surface area (Å²) in [6.07, 6.45) is 0.877. The second kappa shape index (κ2) is 7.95. The van der Waals surface area contributed by atoms with Gasteiger partial charge in [-0.3, -0.25) is 4.79 Å². The molecule has 2 fully saturated rings. The minimum Gasteiger partial charge on any atom is -0.377 e. The van der Waals surface area contributed by atoms with E-state index in [0.29, 0.717) is 25.0 Å². The summed E-state index contributed by atoms with van der Waals surface area (Å²) in [7, 11) is 0. The number of rotatable bonds is 4. The van der Waals surface area contributed by atoms with E-state index >= 15 is 0 Å². The minimum atomic E-state index is 0. The number of nitrogens with zero attached hydrogens (tertiary/aromatic N) is 1. The van der Waals surface area contributed by atoms with Crippen LogP contribution in [0.5, 0.6) is 0 Å². The molecule has 0 radical (unpaired) electrons. The molecule has 2 unspecified atom stereocenters. The molecule has 0 bridgehead atoms. The largest absolute Gasteiger partial charge is 0.377 e. The van der Waals surface area contributed by atoms with Crippen LogP contribution in [0.1, 0.15) is 12.5 Å². The van der Waals surface area contributed by atoms with Gasteiger partial charge in [0.2, 0.25) is 5.91 Å². The maximum absolute atomic E-state index is 12.8. The lowest BCUT2D eigenvalue weighted by Crippen LogP contribution is -2.55. The number of hydrogen-bond donors (Lipinski definition) is 1. The molecule has 2 aliphatic rings. The van der Waals surface area contributed by atoms with Crippen LogP contribution in [-0.4, -0.2) is 49.7 Å². The first kappa shape index (κ1) is 17.3. The fourth-order valence-corrected chi connectivity index (χ4v) is 3.13. The van der Waals surface area contributed by atoms with Gasteiger partial charge >= 0.3 is 0 Å². The zero-order valence-electron chi connectivity index (χ0n) is 13.0. The van der Waals surface area contributed by atoms with E-state index in [4.69, 9.17) is 4.74 Å². The van der Waals surface area contributed by atoms with Gasteiger partial charge in [-0.2, -0.15) is 0 Å². The first-order chi connectivity index (χ1) is 10.3. The van der Waals surface area contributed by atoms with E-state index in [9.17, 15) is 4.79 Å². The molecule has 2 atom stereocenters. The minimum absolute atomic E-state index is 0. The number of nitrogens with one attached hydrogen (secondary N) is 1. The number of hydrogen-bond acceptors (Lipinski definition) is 3. The van der Waals surface area contributed by atoms with Crippen LogP contribution in [0.3, 0.4) is 0 Å². The van der Waals surface area contributed by atoms with Crippen molar-refractivity contribution in [2.45, 2.75) is 19.4 Å². The Morgan fingerprint density at radius 3 is 2.73 bits per heavy atom. The van der Waals surface area contributed by atoms with Gasteiger partial charge in [0.15, 0.2) is 0 Å². The fourth-order valence-electron chi connectivity index (χ4n) is 3.13. The SMILES string of the molecule is CC(C(=O)N1CCOCC1Cc1ccccc1)C1CNC1.Cl. The van der Waals surface area contributed by atoms with Crippen LogP contribution in [0.15, 0.2) is 30.3 Å². The smallest absolute Gasteiger partial charge is 0.226 e. The first-order valence-corrected chi connectivity index (χ1v) is 7.88. The van der Waals surface area contributed by atoms with Gasteiger partial charge < -0.3 is 15.0 Å². The van der Waals surface area contributed by atoms with Crippen molar-refractivity contribution in [2.75, 3.05) is 32.8 Å². The lowest BCUT2D eigenvalue weighted by atomic mass is 9.87. The third kappa shape index (κ3) is 3.80. The zero-order chi connectivity index (χ0) is 14.7. The van der Waals surface area contributed by atoms with Crippen molar-refractivity contribution in [2.24, 2.45) is 11.8 Å². The Balaban J connectivity index is 0.00000176. The molecule has 1 N–H and O–H groups in total. The van der Waals surface area contributed by atoms with Gasteiger partial charge in [0.1, 0.15) is 0 Å². The average Bonchev–Trinajstić information content (AvgIpc) is 2.46. The molecule has 122 valence electrons. The quantitative estimate of drug-likeness (QED) is 0.917. The van der Waals surface area contributed by atoms with Crippen molar-refractivity contribution < 1.29 is 9.53 Å². The first-order valence-electron chi connectivity index (χ1n) is 7.88. The van der Waals surface area contributed by atoms with Crippen molar-refractivity contribution in [1.29, 1.82) is 0 Å². The van der Waals surface area contributed by atoms with Crippen LogP contribution in [0.2, 0.25) is 0 Å². The Hall–Kier alpha value is -1.10. The Morgan fingerprint density at radius 1 is 1.36 bits per heavy atom. The van der Waals surface area contributed by atoms with E-state index in [1.807, 2.05) is 18.2 Å². The highest BCUT2D eigenvalue weighted by atomic mass is 35.5. The van der Waals surface area contributed by atoms with Crippen LogP contribution >= 0.6 is 12.4 Å². The van der Waals surface area contributed by atoms with E-state index in [-0.39, 0.29) is 24.4 Å². The number of halogens is 1. The van der Waals surface area contributed by atoms with E-state index in [2.05, 4.69) is 29.3 Å². The molecule has 0 saturated carbocycles. The van der Waals surface area contributed by atoms with Gasteiger partial charge in [-0.1, -0.05) is 37.3 Å². The zero-order valence-corrected chi connectivity index (χ0v) is 13.8. The molecule has 1 aromatic rings. The summed E-state index contributed by atoms with van der Waals surface area (Å²) in [5, 5.41) is 3.26. The van der Waals surface area contributed by atoms with Gasteiger partial charge in [-0.15, -0.1) is 12.4 Å². The highest BCUT2D eigenvalue weighted by Crippen LogP contribution is 2.22. The average molecular weight is 325 g/mol. The van der Waals surface area contributed by atoms with Crippen LogP contribution in [-0.2, 0) is 16.0 Å². The fraction of sp³-hybridized carbons (Fsp3) is 0.588. The van der Waals surface area contributed by atoms with Gasteiger partial charge in [-0.05, 0) is 31.0 Å². The molecule has 22 heavy (non-hydrogen) atoms. The molecule has 0 aromatic heterocycles. The highest BCUT2D eigenvalue weighted by Gasteiger charge is 2.35. The Kier molecular flexibility index (Phi) is 6.24. The van der Waals surface area contributed by atoms with Crippen LogP contribution in [0.25, 0.3) is 0 Å². The summed E-state index contributed by atoms with van der Waals surface area (Å²) >= 11 is 0. The highest BCUT2D eigenvalue weighted by molar-refractivity contribution is 5.85. The van der Waals surface area contributed by atoms with Crippen LogP contribution in [0.4, 0.5) is 0 Å². The van der Waals surface area contributed by atoms with Crippen molar-refractivity contribution in [3.8, 4) is 0 Å². The molecule has 1 aromatic carbocycles. The van der Waals surface area contributed by atoms with Crippen molar-refractivity contribution >= 4 is 18.3 Å². The lowest BCUT2D eigenvalue weighted by Gasteiger charge is -2.40. The standard InChI is InChI=1S/C17H24N2O2.ClH/c1-13(15-10-18-11-15)17(20)19-7-8-21-12-16(19)9-14-5-3-2-4-6-14;/h2-6,13,15-16,18H,7-12H2,1H3;1H. The number of carbonyl (C=O) groups excluding carboxylic acids is 1. The predicted octanol–water partition coefficient (Wildman–Crippen LogP) is 1.73. The van der Waals surface area contributed by atoms with Gasteiger partial charge in [-0.25, -0.2) is 0 Å². The summed E-state index contributed by atoms with van der Waals surface area (Å²) in [6.45, 7) is 6.05. The third-order valence-electron chi connectivity index (χ3n) is 4.73. The number of morpholine rings is 1. The van der Waals surface area contributed by atoms with Crippen LogP contribution in [0, 0.1) is 11.8 Å². The van der Waals surface area contributed by atoms with E-state index < -0.39 is 0 Å². The molecular weight excluding hydrogens is 300 g/mol. The molecule has 1 amide bonds. The molecule has 2 aliphatic heterocycles. The maximum Gasteiger partial charge on any atom is 0.226 e. The molecule has 0 aliphatic carbocycles. The van der Waals surface area contributed by atoms with Crippen molar-refractivity contribution in [1.82, 2.24) is 10.2 Å². The Labute approximate surface area is 138 Å². The molecule has 5 heteroatoms. The Bertz CT molecular complexity index is 479. The summed E-state index contributed by atoms with van der Waals surface area (Å²) < 4.78 is 5.61. The van der Waals surface area contributed by atoms with Crippen molar-refractivity contribution in [3.05, 3.63) is 35.9 Å². The van der Waals surface area contributed by atoms with E-state index in [0.717, 1.165) is 26.1 Å². The van der Waals surface area contributed by atoms with Gasteiger partial charge in [0.05, 0.1) is 19.3 Å². The number of ether oxygens (including phenoxy) is 1. The summed E-state index contributed by atoms with van der Waals surface area (Å²) in [4.78, 5) is 14.8. The summed E-state index contributed by atoms with van der Waals surface area (Å²) in [5.41, 5.74) is 1.27. The second-order valence-corrected chi connectivity index (χ2v) is 6.16. The number of amides is 1. The van der Waals surface area contributed by atoms with E-state index in [1.165, 1.54) is 5.56 Å². The predicted molar refractivity (Wildman–Crippen MR) is 89.2 cm³/mol. The third-order valence-corrected chi connectivity index (χ3v) is 4.73.